The lowest BCUT2D eigenvalue weighted by atomic mass is 10.1. The number of aryl methyl sites for hydroxylation is 2. The first-order valence-electron chi connectivity index (χ1n) is 7.13. The molecule has 0 saturated carbocycles. The van der Waals surface area contributed by atoms with Crippen LogP contribution in [0.2, 0.25) is 0 Å². The highest BCUT2D eigenvalue weighted by molar-refractivity contribution is 7.09. The van der Waals surface area contributed by atoms with E-state index in [0.717, 1.165) is 34.7 Å². The first-order chi connectivity index (χ1) is 10.1. The Labute approximate surface area is 153 Å². The highest BCUT2D eigenvalue weighted by Crippen LogP contribution is 2.12. The van der Waals surface area contributed by atoms with Crippen molar-refractivity contribution >= 4 is 42.1 Å². The minimum absolute atomic E-state index is 0. The first-order valence-corrected chi connectivity index (χ1v) is 8.01. The lowest BCUT2D eigenvalue weighted by molar-refractivity contribution is -0.122. The minimum atomic E-state index is -0.618. The number of hydrogen-bond donors (Lipinski definition) is 2. The molecular weight excluding hydrogens is 353 g/mol. The summed E-state index contributed by atoms with van der Waals surface area (Å²) in [6.45, 7) is 4.66. The van der Waals surface area contributed by atoms with Crippen molar-refractivity contribution in [3.8, 4) is 0 Å². The largest absolute Gasteiger partial charge is 0.354 e. The summed E-state index contributed by atoms with van der Waals surface area (Å²) in [7, 11) is 0. The molecule has 7 heteroatoms. The molecule has 0 aliphatic heterocycles. The predicted octanol–water partition coefficient (Wildman–Crippen LogP) is 3.22. The summed E-state index contributed by atoms with van der Waals surface area (Å²) in [5, 5.41) is 6.05. The number of nitrogens with one attached hydrogen (secondary N) is 1. The SMILES string of the molecule is CCc1nc(CCNC(=O)C(N)c2ccc(C)cc2)cs1.Cl.Cl. The lowest BCUT2D eigenvalue weighted by Crippen LogP contribution is -2.35. The quantitative estimate of drug-likeness (QED) is 0.814. The molecule has 1 atom stereocenters. The topological polar surface area (TPSA) is 68.0 Å². The van der Waals surface area contributed by atoms with Crippen LogP contribution in [0.25, 0.3) is 0 Å². The number of aromatic nitrogens is 1. The molecule has 1 aromatic heterocycles. The van der Waals surface area contributed by atoms with Crippen LogP contribution in [0.3, 0.4) is 0 Å². The molecule has 0 aliphatic carbocycles. The van der Waals surface area contributed by atoms with Gasteiger partial charge in [0.05, 0.1) is 10.7 Å². The van der Waals surface area contributed by atoms with Gasteiger partial charge in [-0.1, -0.05) is 36.8 Å². The maximum atomic E-state index is 12.0. The number of amides is 1. The summed E-state index contributed by atoms with van der Waals surface area (Å²) in [6, 6.07) is 7.10. The molecule has 1 unspecified atom stereocenters. The summed E-state index contributed by atoms with van der Waals surface area (Å²) in [5.41, 5.74) is 8.98. The number of nitrogens with zero attached hydrogens (tertiary/aromatic N) is 1. The van der Waals surface area contributed by atoms with Crippen LogP contribution >= 0.6 is 36.2 Å². The lowest BCUT2D eigenvalue weighted by Gasteiger charge is -2.12. The van der Waals surface area contributed by atoms with Gasteiger partial charge in [0.15, 0.2) is 0 Å². The van der Waals surface area contributed by atoms with Gasteiger partial charge >= 0.3 is 0 Å². The van der Waals surface area contributed by atoms with Crippen LogP contribution in [0.5, 0.6) is 0 Å². The van der Waals surface area contributed by atoms with Crippen LogP contribution in [0.4, 0.5) is 0 Å². The Kier molecular flexibility index (Phi) is 10.1. The van der Waals surface area contributed by atoms with E-state index in [2.05, 4.69) is 17.2 Å². The van der Waals surface area contributed by atoms with Crippen molar-refractivity contribution in [2.45, 2.75) is 32.7 Å². The van der Waals surface area contributed by atoms with E-state index in [0.29, 0.717) is 6.54 Å². The fourth-order valence-electron chi connectivity index (χ4n) is 1.98. The van der Waals surface area contributed by atoms with Gasteiger partial charge in [-0.05, 0) is 18.9 Å². The second-order valence-corrected chi connectivity index (χ2v) is 5.96. The monoisotopic (exact) mass is 375 g/mol. The van der Waals surface area contributed by atoms with E-state index in [1.54, 1.807) is 11.3 Å². The Hall–Kier alpha value is -1.14. The van der Waals surface area contributed by atoms with Gasteiger partial charge in [-0.25, -0.2) is 4.98 Å². The Morgan fingerprint density at radius 1 is 1.30 bits per heavy atom. The molecule has 3 N–H and O–H groups in total. The second-order valence-electron chi connectivity index (χ2n) is 5.02. The van der Waals surface area contributed by atoms with Crippen molar-refractivity contribution in [1.29, 1.82) is 0 Å². The molecule has 23 heavy (non-hydrogen) atoms. The van der Waals surface area contributed by atoms with Crippen molar-refractivity contribution in [2.24, 2.45) is 5.73 Å². The number of benzene rings is 1. The minimum Gasteiger partial charge on any atom is -0.354 e. The average Bonchev–Trinajstić information content (AvgIpc) is 2.95. The van der Waals surface area contributed by atoms with Crippen LogP contribution in [0.15, 0.2) is 29.6 Å². The zero-order valence-corrected chi connectivity index (χ0v) is 15.7. The second kappa shape index (κ2) is 10.6. The van der Waals surface area contributed by atoms with E-state index in [1.807, 2.05) is 36.6 Å². The Bertz CT molecular complexity index is 602. The van der Waals surface area contributed by atoms with Crippen molar-refractivity contribution < 1.29 is 4.79 Å². The number of carbonyl (C=O) groups excluding carboxylic acids is 1. The number of nitrogens with two attached hydrogens (primary N) is 1. The van der Waals surface area contributed by atoms with E-state index in [1.165, 1.54) is 0 Å². The van der Waals surface area contributed by atoms with Gasteiger partial charge < -0.3 is 11.1 Å². The van der Waals surface area contributed by atoms with E-state index in [9.17, 15) is 4.79 Å². The summed E-state index contributed by atoms with van der Waals surface area (Å²) >= 11 is 1.66. The summed E-state index contributed by atoms with van der Waals surface area (Å²) in [6.07, 6.45) is 1.69. The summed E-state index contributed by atoms with van der Waals surface area (Å²) in [5.74, 6) is -0.148. The van der Waals surface area contributed by atoms with Gasteiger partial charge in [0.25, 0.3) is 0 Å². The fourth-order valence-corrected chi connectivity index (χ4v) is 2.75. The molecule has 2 aromatic rings. The molecule has 2 rings (SSSR count). The highest BCUT2D eigenvalue weighted by atomic mass is 35.5. The van der Waals surface area contributed by atoms with Crippen LogP contribution in [0, 0.1) is 6.92 Å². The van der Waals surface area contributed by atoms with Gasteiger partial charge in [-0.2, -0.15) is 0 Å². The summed E-state index contributed by atoms with van der Waals surface area (Å²) < 4.78 is 0. The molecule has 1 amide bonds. The van der Waals surface area contributed by atoms with Crippen molar-refractivity contribution in [2.75, 3.05) is 6.54 Å². The fraction of sp³-hybridized carbons (Fsp3) is 0.375. The zero-order chi connectivity index (χ0) is 15.2. The number of thiazole rings is 1. The van der Waals surface area contributed by atoms with Gasteiger partial charge in [-0.3, -0.25) is 4.79 Å². The maximum Gasteiger partial charge on any atom is 0.241 e. The van der Waals surface area contributed by atoms with E-state index in [-0.39, 0.29) is 30.7 Å². The third-order valence-corrected chi connectivity index (χ3v) is 4.34. The predicted molar refractivity (Wildman–Crippen MR) is 101 cm³/mol. The molecule has 0 fully saturated rings. The molecular formula is C16H23Cl2N3OS. The third kappa shape index (κ3) is 6.47. The Morgan fingerprint density at radius 3 is 2.52 bits per heavy atom. The van der Waals surface area contributed by atoms with Crippen molar-refractivity contribution in [3.05, 3.63) is 51.5 Å². The van der Waals surface area contributed by atoms with Crippen molar-refractivity contribution in [1.82, 2.24) is 10.3 Å². The van der Waals surface area contributed by atoms with E-state index < -0.39 is 6.04 Å². The zero-order valence-electron chi connectivity index (χ0n) is 13.2. The van der Waals surface area contributed by atoms with Gasteiger partial charge in [0.2, 0.25) is 5.91 Å². The van der Waals surface area contributed by atoms with Gasteiger partial charge in [0, 0.05) is 18.3 Å². The molecule has 128 valence electrons. The third-order valence-electron chi connectivity index (χ3n) is 3.30. The molecule has 0 saturated heterocycles. The highest BCUT2D eigenvalue weighted by Gasteiger charge is 2.15. The van der Waals surface area contributed by atoms with Gasteiger partial charge in [-0.15, -0.1) is 36.2 Å². The van der Waals surface area contributed by atoms with Crippen LogP contribution in [0.1, 0.15) is 34.8 Å². The molecule has 1 aromatic carbocycles. The number of carbonyl (C=O) groups is 1. The number of hydrogen-bond acceptors (Lipinski definition) is 4. The van der Waals surface area contributed by atoms with Crippen molar-refractivity contribution in [3.63, 3.8) is 0 Å². The first kappa shape index (κ1) is 21.9. The normalized spacial score (nSPS) is 11.1. The number of rotatable bonds is 6. The summed E-state index contributed by atoms with van der Waals surface area (Å²) in [4.78, 5) is 16.5. The van der Waals surface area contributed by atoms with E-state index >= 15 is 0 Å². The molecule has 0 spiro atoms. The van der Waals surface area contributed by atoms with Crippen LogP contribution < -0.4 is 11.1 Å². The molecule has 0 aliphatic rings. The number of halogens is 2. The van der Waals surface area contributed by atoms with E-state index in [4.69, 9.17) is 5.73 Å². The molecule has 1 heterocycles. The Balaban J connectivity index is 0.00000242. The smallest absolute Gasteiger partial charge is 0.241 e. The molecule has 4 nitrogen and oxygen atoms in total. The Morgan fingerprint density at radius 2 is 1.96 bits per heavy atom. The average molecular weight is 376 g/mol. The standard InChI is InChI=1S/C16H21N3OS.2ClH/c1-3-14-19-13(10-21-14)8-9-18-16(20)15(17)12-6-4-11(2)5-7-12;;/h4-7,10,15H,3,8-9,17H2,1-2H3,(H,18,20);2*1H. The van der Waals surface area contributed by atoms with Crippen LogP contribution in [-0.4, -0.2) is 17.4 Å². The molecule has 0 radical (unpaired) electrons. The van der Waals surface area contributed by atoms with Crippen LogP contribution in [-0.2, 0) is 17.6 Å². The van der Waals surface area contributed by atoms with Gasteiger partial charge in [0.1, 0.15) is 6.04 Å². The maximum absolute atomic E-state index is 12.0. The molecule has 0 bridgehead atoms.